The number of thiophene rings is 1. The Morgan fingerprint density at radius 1 is 1.17 bits per heavy atom. The van der Waals surface area contributed by atoms with Gasteiger partial charge in [0, 0.05) is 5.56 Å². The first-order valence-corrected chi connectivity index (χ1v) is 12.6. The van der Waals surface area contributed by atoms with Gasteiger partial charge in [-0.3, -0.25) is 9.52 Å². The number of hydrogen-bond acceptors (Lipinski definition) is 8. The van der Waals surface area contributed by atoms with Crippen LogP contribution in [0.3, 0.4) is 0 Å². The van der Waals surface area contributed by atoms with Crippen molar-refractivity contribution in [2.24, 2.45) is 5.10 Å². The van der Waals surface area contributed by atoms with Gasteiger partial charge in [-0.25, -0.2) is 18.6 Å². The molecule has 184 valence electrons. The maximum Gasteiger partial charge on any atom is 0.344 e. The summed E-state index contributed by atoms with van der Waals surface area (Å²) in [4.78, 5) is 24.0. The van der Waals surface area contributed by atoms with Gasteiger partial charge in [0.25, 0.3) is 15.9 Å². The first kappa shape index (κ1) is 26.0. The van der Waals surface area contributed by atoms with Crippen LogP contribution in [0.2, 0.25) is 5.02 Å². The molecule has 13 heteroatoms. The summed E-state index contributed by atoms with van der Waals surface area (Å²) in [5.41, 5.74) is 2.48. The lowest BCUT2D eigenvalue weighted by Crippen LogP contribution is -2.24. The molecule has 3 rings (SSSR count). The molecule has 0 aliphatic heterocycles. The second-order valence-corrected chi connectivity index (χ2v) is 10.1. The largest absolute Gasteiger partial charge is 0.493 e. The van der Waals surface area contributed by atoms with Crippen molar-refractivity contribution in [3.63, 3.8) is 0 Å². The number of carboxylic acids is 1. The van der Waals surface area contributed by atoms with Gasteiger partial charge < -0.3 is 14.6 Å². The maximum atomic E-state index is 12.8. The summed E-state index contributed by atoms with van der Waals surface area (Å²) in [7, 11) is -2.56. The Hall–Kier alpha value is -3.61. The number of sulfonamides is 1. The van der Waals surface area contributed by atoms with Crippen LogP contribution in [-0.4, -0.2) is 44.8 Å². The lowest BCUT2D eigenvalue weighted by Gasteiger charge is -2.15. The number of nitrogens with one attached hydrogen (secondary N) is 2. The van der Waals surface area contributed by atoms with Crippen molar-refractivity contribution in [3.05, 3.63) is 70.1 Å². The smallest absolute Gasteiger partial charge is 0.344 e. The molecule has 0 aliphatic rings. The zero-order valence-electron chi connectivity index (χ0n) is 18.4. The molecule has 3 N–H and O–H groups in total. The molecule has 0 aliphatic carbocycles. The molecule has 1 heterocycles. The zero-order valence-corrected chi connectivity index (χ0v) is 20.8. The highest BCUT2D eigenvalue weighted by Gasteiger charge is 2.22. The van der Waals surface area contributed by atoms with Gasteiger partial charge in [0.05, 0.1) is 29.6 Å². The lowest BCUT2D eigenvalue weighted by molar-refractivity contribution is -0.144. The molecule has 0 radical (unpaired) electrons. The number of anilines is 1. The number of nitrogens with zero attached hydrogens (tertiary/aromatic N) is 1. The lowest BCUT2D eigenvalue weighted by atomic mass is 10.2. The Bertz CT molecular complexity index is 1360. The summed E-state index contributed by atoms with van der Waals surface area (Å²) in [6, 6.07) is 12.1. The number of rotatable bonds is 10. The van der Waals surface area contributed by atoms with Gasteiger partial charge in [0.2, 0.25) is 0 Å². The van der Waals surface area contributed by atoms with Crippen LogP contribution >= 0.6 is 22.9 Å². The standard InChI is InChI=1S/C22H20ClN3O7S2/c1-13(22(28)29)33-20-14(6-3-9-17(20)32-2)12-24-25-21(27)15-7-4-8-16(23)19(15)26-35(30,31)18-10-5-11-34-18/h3-13,26H,1-2H3,(H,25,27)(H,28,29). The van der Waals surface area contributed by atoms with Crippen molar-refractivity contribution >= 4 is 56.7 Å². The fraction of sp³-hybridized carbons (Fsp3) is 0.136. The predicted molar refractivity (Wildman–Crippen MR) is 132 cm³/mol. The quantitative estimate of drug-likeness (QED) is 0.263. The van der Waals surface area contributed by atoms with Crippen LogP contribution in [0.5, 0.6) is 11.5 Å². The van der Waals surface area contributed by atoms with Crippen LogP contribution in [0.15, 0.2) is 63.2 Å². The van der Waals surface area contributed by atoms with Gasteiger partial charge in [-0.2, -0.15) is 5.10 Å². The fourth-order valence-electron chi connectivity index (χ4n) is 2.79. The Morgan fingerprint density at radius 3 is 2.57 bits per heavy atom. The molecule has 2 aromatic carbocycles. The number of ether oxygens (including phenoxy) is 2. The molecule has 0 saturated heterocycles. The second kappa shape index (κ2) is 11.2. The molecule has 0 spiro atoms. The van der Waals surface area contributed by atoms with E-state index in [0.717, 1.165) is 11.3 Å². The summed E-state index contributed by atoms with van der Waals surface area (Å²) < 4.78 is 38.4. The highest BCUT2D eigenvalue weighted by atomic mass is 35.5. The maximum absolute atomic E-state index is 12.8. The first-order valence-electron chi connectivity index (χ1n) is 9.88. The van der Waals surface area contributed by atoms with Crippen LogP contribution in [0.4, 0.5) is 5.69 Å². The topological polar surface area (TPSA) is 143 Å². The average Bonchev–Trinajstić information content (AvgIpc) is 3.37. The number of hydrogen-bond donors (Lipinski definition) is 3. The molecular formula is C22H20ClN3O7S2. The molecule has 1 unspecified atom stereocenters. The van der Waals surface area contributed by atoms with Gasteiger partial charge in [0.15, 0.2) is 17.6 Å². The number of carbonyl (C=O) groups is 2. The van der Waals surface area contributed by atoms with Crippen LogP contribution < -0.4 is 19.6 Å². The van der Waals surface area contributed by atoms with Gasteiger partial charge in [-0.1, -0.05) is 29.8 Å². The molecule has 0 saturated carbocycles. The predicted octanol–water partition coefficient (Wildman–Crippen LogP) is 3.83. The Balaban J connectivity index is 1.84. The highest BCUT2D eigenvalue weighted by Crippen LogP contribution is 2.32. The normalized spacial score (nSPS) is 12.2. The van der Waals surface area contributed by atoms with E-state index in [1.54, 1.807) is 29.6 Å². The zero-order chi connectivity index (χ0) is 25.6. The molecule has 10 nitrogen and oxygen atoms in total. The van der Waals surface area contributed by atoms with E-state index in [1.165, 1.54) is 44.5 Å². The van der Waals surface area contributed by atoms with E-state index < -0.39 is 28.0 Å². The SMILES string of the molecule is COc1cccc(C=NNC(=O)c2cccc(Cl)c2NS(=O)(=O)c2cccs2)c1OC(C)C(=O)O. The highest BCUT2D eigenvalue weighted by molar-refractivity contribution is 7.94. The van der Waals surface area contributed by atoms with Crippen molar-refractivity contribution in [1.29, 1.82) is 0 Å². The molecular weight excluding hydrogens is 518 g/mol. The number of aliphatic carboxylic acids is 1. The van der Waals surface area contributed by atoms with Crippen LogP contribution in [-0.2, 0) is 14.8 Å². The van der Waals surface area contributed by atoms with E-state index in [4.69, 9.17) is 26.2 Å². The van der Waals surface area contributed by atoms with Gasteiger partial charge in [-0.05, 0) is 42.6 Å². The van der Waals surface area contributed by atoms with E-state index >= 15 is 0 Å². The number of para-hydroxylation sites is 2. The second-order valence-electron chi connectivity index (χ2n) is 6.88. The summed E-state index contributed by atoms with van der Waals surface area (Å²) in [6.45, 7) is 1.36. The van der Waals surface area contributed by atoms with E-state index in [0.29, 0.717) is 5.56 Å². The Kier molecular flexibility index (Phi) is 8.33. The molecule has 0 bridgehead atoms. The van der Waals surface area contributed by atoms with Crippen LogP contribution in [0, 0.1) is 0 Å². The van der Waals surface area contributed by atoms with Crippen molar-refractivity contribution in [2.45, 2.75) is 17.2 Å². The Labute approximate surface area is 210 Å². The van der Waals surface area contributed by atoms with Gasteiger partial charge in [0.1, 0.15) is 4.21 Å². The van der Waals surface area contributed by atoms with Crippen LogP contribution in [0.25, 0.3) is 0 Å². The van der Waals surface area contributed by atoms with Crippen molar-refractivity contribution in [3.8, 4) is 11.5 Å². The molecule has 0 fully saturated rings. The van der Waals surface area contributed by atoms with Gasteiger partial charge in [-0.15, -0.1) is 11.3 Å². The van der Waals surface area contributed by atoms with Crippen molar-refractivity contribution in [1.82, 2.24) is 5.43 Å². The molecule has 1 amide bonds. The first-order chi connectivity index (χ1) is 16.6. The van der Waals surface area contributed by atoms with Crippen molar-refractivity contribution < 1.29 is 32.6 Å². The number of carboxylic acid groups (broad SMARTS) is 1. The minimum absolute atomic E-state index is 0.0212. The van der Waals surface area contributed by atoms with E-state index in [2.05, 4.69) is 15.2 Å². The third-order valence-electron chi connectivity index (χ3n) is 4.50. The molecule has 3 aromatic rings. The minimum atomic E-state index is -3.96. The van der Waals surface area contributed by atoms with Gasteiger partial charge >= 0.3 is 5.97 Å². The monoisotopic (exact) mass is 537 g/mol. The van der Waals surface area contributed by atoms with E-state index in [9.17, 15) is 18.0 Å². The summed E-state index contributed by atoms with van der Waals surface area (Å²) in [5.74, 6) is -1.52. The summed E-state index contributed by atoms with van der Waals surface area (Å²) in [5, 5.41) is 14.7. The molecule has 1 aromatic heterocycles. The van der Waals surface area contributed by atoms with E-state index in [1.807, 2.05) is 0 Å². The summed E-state index contributed by atoms with van der Waals surface area (Å²) in [6.07, 6.45) is 0.0723. The van der Waals surface area contributed by atoms with E-state index in [-0.39, 0.29) is 32.0 Å². The third kappa shape index (κ3) is 6.29. The summed E-state index contributed by atoms with van der Waals surface area (Å²) >= 11 is 7.19. The molecule has 35 heavy (non-hydrogen) atoms. The number of methoxy groups -OCH3 is 1. The molecule has 1 atom stereocenters. The Morgan fingerprint density at radius 2 is 1.91 bits per heavy atom. The number of amides is 1. The number of carbonyl (C=O) groups excluding carboxylic acids is 1. The van der Waals surface area contributed by atoms with Crippen LogP contribution in [0.1, 0.15) is 22.8 Å². The minimum Gasteiger partial charge on any atom is -0.493 e. The third-order valence-corrected chi connectivity index (χ3v) is 7.56. The number of benzene rings is 2. The number of halogens is 1. The fourth-order valence-corrected chi connectivity index (χ4v) is 5.16. The average molecular weight is 538 g/mol. The van der Waals surface area contributed by atoms with Crippen molar-refractivity contribution in [2.75, 3.05) is 11.8 Å². The number of hydrazone groups is 1.